The number of aryl methyl sites for hydroxylation is 2. The number of hydrogen-bond acceptors (Lipinski definition) is 6. The zero-order chi connectivity index (χ0) is 20.5. The van der Waals surface area contributed by atoms with E-state index in [9.17, 15) is 17.6 Å². The second kappa shape index (κ2) is 7.90. The number of carbonyl (C=O) groups is 1. The van der Waals surface area contributed by atoms with E-state index in [0.717, 1.165) is 33.1 Å². The molecule has 0 atom stereocenters. The highest BCUT2D eigenvalue weighted by Gasteiger charge is 2.20. The lowest BCUT2D eigenvalue weighted by Crippen LogP contribution is -2.15. The van der Waals surface area contributed by atoms with Crippen molar-refractivity contribution in [1.82, 2.24) is 4.98 Å². The lowest BCUT2D eigenvalue weighted by Gasteiger charge is -2.12. The number of benzene rings is 2. The maximum absolute atomic E-state index is 13.5. The molecule has 0 unspecified atom stereocenters. The summed E-state index contributed by atoms with van der Waals surface area (Å²) in [6.45, 7) is 3.66. The van der Waals surface area contributed by atoms with Crippen LogP contribution in [0.3, 0.4) is 0 Å². The number of nitrogens with one attached hydrogen (secondary N) is 1. The van der Waals surface area contributed by atoms with Crippen molar-refractivity contribution < 1.29 is 22.7 Å². The van der Waals surface area contributed by atoms with Crippen LogP contribution in [0.1, 0.15) is 21.6 Å². The molecule has 0 fully saturated rings. The van der Waals surface area contributed by atoms with Crippen LogP contribution >= 0.6 is 23.1 Å². The summed E-state index contributed by atoms with van der Waals surface area (Å²) < 4.78 is 42.0. The molecule has 1 aromatic heterocycles. The molecular weight excluding hydrogens is 423 g/mol. The van der Waals surface area contributed by atoms with Gasteiger partial charge in [-0.1, -0.05) is 11.8 Å². The number of thiazole rings is 1. The third-order valence-corrected chi connectivity index (χ3v) is 7.13. The molecule has 0 aliphatic heterocycles. The number of carboxylic acid groups (broad SMARTS) is 1. The first-order chi connectivity index (χ1) is 13.2. The molecule has 3 rings (SSSR count). The largest absolute Gasteiger partial charge is 0.478 e. The van der Waals surface area contributed by atoms with E-state index in [1.165, 1.54) is 23.1 Å². The first-order valence-corrected chi connectivity index (χ1v) is 11.1. The molecule has 0 amide bonds. The summed E-state index contributed by atoms with van der Waals surface area (Å²) in [5, 5.41) is 10.9. The van der Waals surface area contributed by atoms with E-state index in [0.29, 0.717) is 11.3 Å². The summed E-state index contributed by atoms with van der Waals surface area (Å²) in [5.74, 6) is -2.54. The molecule has 0 saturated heterocycles. The summed E-state index contributed by atoms with van der Waals surface area (Å²) in [6, 6.07) is 7.85. The van der Waals surface area contributed by atoms with Crippen LogP contribution in [0.15, 0.2) is 55.9 Å². The number of halogens is 1. The van der Waals surface area contributed by atoms with Crippen molar-refractivity contribution >= 4 is 44.8 Å². The van der Waals surface area contributed by atoms with Crippen molar-refractivity contribution in [3.63, 3.8) is 0 Å². The monoisotopic (exact) mass is 438 g/mol. The number of nitrogens with zero attached hydrogens (tertiary/aromatic N) is 1. The Labute approximate surface area is 169 Å². The molecule has 0 radical (unpaired) electrons. The molecule has 0 aliphatic carbocycles. The number of aromatic carboxylic acids is 1. The Bertz CT molecular complexity index is 1160. The molecule has 2 N–H and O–H groups in total. The van der Waals surface area contributed by atoms with Gasteiger partial charge in [0.05, 0.1) is 16.1 Å². The maximum Gasteiger partial charge on any atom is 0.338 e. The van der Waals surface area contributed by atoms with E-state index >= 15 is 0 Å². The molecule has 6 nitrogen and oxygen atoms in total. The van der Waals surface area contributed by atoms with Crippen molar-refractivity contribution in [2.45, 2.75) is 28.0 Å². The number of rotatable bonds is 6. The van der Waals surface area contributed by atoms with Gasteiger partial charge in [0.1, 0.15) is 5.82 Å². The normalized spacial score (nSPS) is 11.4. The van der Waals surface area contributed by atoms with Gasteiger partial charge in [0.15, 0.2) is 4.34 Å². The quantitative estimate of drug-likeness (QED) is 0.586. The summed E-state index contributed by atoms with van der Waals surface area (Å²) >= 11 is 3.00. The Morgan fingerprint density at radius 3 is 2.57 bits per heavy atom. The van der Waals surface area contributed by atoms with Crippen LogP contribution in [-0.2, 0) is 10.0 Å². The minimum Gasteiger partial charge on any atom is -0.478 e. The van der Waals surface area contributed by atoms with E-state index < -0.39 is 27.4 Å². The average molecular weight is 439 g/mol. The first-order valence-electron chi connectivity index (χ1n) is 7.92. The smallest absolute Gasteiger partial charge is 0.338 e. The molecule has 10 heteroatoms. The fraction of sp³-hybridized carbons (Fsp3) is 0.111. The first kappa shape index (κ1) is 20.3. The minimum atomic E-state index is -4.07. The topological polar surface area (TPSA) is 96.4 Å². The molecule has 28 heavy (non-hydrogen) atoms. The van der Waals surface area contributed by atoms with Crippen molar-refractivity contribution in [2.75, 3.05) is 4.72 Å². The molecule has 0 aliphatic rings. The highest BCUT2D eigenvalue weighted by molar-refractivity contribution is 8.01. The van der Waals surface area contributed by atoms with Crippen molar-refractivity contribution in [2.24, 2.45) is 0 Å². The second-order valence-electron chi connectivity index (χ2n) is 5.89. The standard InChI is InChI=1S/C18H15FN2O4S3/c1-10-7-12(27-18-20-11(2)9-26-18)3-6-16(10)21-28(24,25)13-4-5-15(19)14(8-13)17(22)23/h3-9,21H,1-2H3,(H,22,23). The second-order valence-corrected chi connectivity index (χ2v) is 9.75. The van der Waals surface area contributed by atoms with Crippen LogP contribution in [0, 0.1) is 19.7 Å². The SMILES string of the molecule is Cc1csc(Sc2ccc(NS(=O)(=O)c3ccc(F)c(C(=O)O)c3)c(C)c2)n1. The van der Waals surface area contributed by atoms with Crippen molar-refractivity contribution in [3.8, 4) is 0 Å². The Kier molecular flexibility index (Phi) is 5.73. The van der Waals surface area contributed by atoms with Gasteiger partial charge in [-0.2, -0.15) is 0 Å². The third-order valence-electron chi connectivity index (χ3n) is 3.72. The predicted molar refractivity (Wildman–Crippen MR) is 106 cm³/mol. The van der Waals surface area contributed by atoms with Gasteiger partial charge >= 0.3 is 5.97 Å². The van der Waals surface area contributed by atoms with E-state index in [-0.39, 0.29) is 4.90 Å². The highest BCUT2D eigenvalue weighted by Crippen LogP contribution is 2.33. The van der Waals surface area contributed by atoms with Gasteiger partial charge in [0.25, 0.3) is 10.0 Å². The van der Waals surface area contributed by atoms with E-state index in [2.05, 4.69) is 9.71 Å². The zero-order valence-corrected chi connectivity index (χ0v) is 17.2. The summed E-state index contributed by atoms with van der Waals surface area (Å²) in [6.07, 6.45) is 0. The van der Waals surface area contributed by atoms with Gasteiger partial charge < -0.3 is 5.11 Å². The van der Waals surface area contributed by atoms with E-state index in [1.54, 1.807) is 19.1 Å². The number of hydrogen-bond donors (Lipinski definition) is 2. The Morgan fingerprint density at radius 2 is 1.96 bits per heavy atom. The van der Waals surface area contributed by atoms with Crippen LogP contribution in [-0.4, -0.2) is 24.5 Å². The molecule has 0 bridgehead atoms. The molecule has 2 aromatic carbocycles. The van der Waals surface area contributed by atoms with Gasteiger partial charge in [-0.25, -0.2) is 22.6 Å². The molecule has 3 aromatic rings. The van der Waals surface area contributed by atoms with E-state index in [1.807, 2.05) is 18.4 Å². The highest BCUT2D eigenvalue weighted by atomic mass is 32.2. The summed E-state index contributed by atoms with van der Waals surface area (Å²) in [7, 11) is -4.07. The van der Waals surface area contributed by atoms with Gasteiger partial charge in [0, 0.05) is 16.0 Å². The lowest BCUT2D eigenvalue weighted by molar-refractivity contribution is 0.0691. The minimum absolute atomic E-state index is 0.331. The van der Waals surface area contributed by atoms with Crippen LogP contribution in [0.25, 0.3) is 0 Å². The van der Waals surface area contributed by atoms with Crippen LogP contribution < -0.4 is 4.72 Å². The van der Waals surface area contributed by atoms with Crippen molar-refractivity contribution in [3.05, 3.63) is 64.4 Å². The van der Waals surface area contributed by atoms with Crippen LogP contribution in [0.2, 0.25) is 0 Å². The number of aromatic nitrogens is 1. The Hall–Kier alpha value is -2.43. The van der Waals surface area contributed by atoms with Crippen LogP contribution in [0.4, 0.5) is 10.1 Å². The fourth-order valence-corrected chi connectivity index (χ4v) is 5.40. The van der Waals surface area contributed by atoms with Crippen LogP contribution in [0.5, 0.6) is 0 Å². The van der Waals surface area contributed by atoms with Gasteiger partial charge in [0.2, 0.25) is 0 Å². The third kappa shape index (κ3) is 4.51. The Balaban J connectivity index is 1.84. The van der Waals surface area contributed by atoms with Gasteiger partial charge in [-0.05, 0) is 55.8 Å². The molecule has 146 valence electrons. The van der Waals surface area contributed by atoms with E-state index in [4.69, 9.17) is 5.11 Å². The lowest BCUT2D eigenvalue weighted by atomic mass is 10.2. The summed E-state index contributed by atoms with van der Waals surface area (Å²) in [5.41, 5.74) is 1.27. The molecule has 0 spiro atoms. The molecular formula is C18H15FN2O4S3. The van der Waals surface area contributed by atoms with Gasteiger partial charge in [-0.15, -0.1) is 11.3 Å². The zero-order valence-electron chi connectivity index (χ0n) is 14.8. The predicted octanol–water partition coefficient (Wildman–Crippen LogP) is 4.55. The Morgan fingerprint density at radius 1 is 1.21 bits per heavy atom. The number of anilines is 1. The molecule has 0 saturated carbocycles. The van der Waals surface area contributed by atoms with Gasteiger partial charge in [-0.3, -0.25) is 4.72 Å². The fourth-order valence-electron chi connectivity index (χ4n) is 2.33. The van der Waals surface area contributed by atoms with Crippen molar-refractivity contribution in [1.29, 1.82) is 0 Å². The summed E-state index contributed by atoms with van der Waals surface area (Å²) in [4.78, 5) is 16.0. The number of carboxylic acids is 1. The molecule has 1 heterocycles. The number of sulfonamides is 1. The average Bonchev–Trinajstić information content (AvgIpc) is 3.02. The maximum atomic E-state index is 13.5.